The molecule has 0 aromatic heterocycles. The van der Waals surface area contributed by atoms with Gasteiger partial charge in [-0.3, -0.25) is 9.59 Å². The smallest absolute Gasteiger partial charge is 0.169 e. The summed E-state index contributed by atoms with van der Waals surface area (Å²) in [7, 11) is 0. The van der Waals surface area contributed by atoms with Gasteiger partial charge in [0.2, 0.25) is 0 Å². The van der Waals surface area contributed by atoms with Gasteiger partial charge in [0.15, 0.2) is 5.78 Å². The molecule has 0 aromatic carbocycles. The predicted molar refractivity (Wildman–Crippen MR) is 55.6 cm³/mol. The first-order valence-electron chi connectivity index (χ1n) is 6.12. The van der Waals surface area contributed by atoms with Crippen molar-refractivity contribution >= 4 is 11.6 Å². The quantitative estimate of drug-likeness (QED) is 0.515. The standard InChI is InChI=1S/C13H14O3/c1-2-8(14)13-7-4-3-6(5-7)9(13)10(15)11-12(13)16-11/h3-4,6-7,9,11-12H,2,5H2,1H3/t6-,7-,9+,11+,12-,13+/m0/s1. The molecule has 0 unspecified atom stereocenters. The van der Waals surface area contributed by atoms with Crippen molar-refractivity contribution < 1.29 is 14.3 Å². The molecule has 6 atom stereocenters. The fourth-order valence-corrected chi connectivity index (χ4v) is 4.46. The van der Waals surface area contributed by atoms with Crippen LogP contribution in [-0.4, -0.2) is 23.8 Å². The van der Waals surface area contributed by atoms with E-state index in [-0.39, 0.29) is 35.6 Å². The van der Waals surface area contributed by atoms with Crippen molar-refractivity contribution in [3.8, 4) is 0 Å². The highest BCUT2D eigenvalue weighted by atomic mass is 16.6. The van der Waals surface area contributed by atoms with Crippen LogP contribution in [0.5, 0.6) is 0 Å². The number of Topliss-reactive ketones (excluding diaryl/α,β-unsaturated/α-hetero) is 2. The molecule has 1 heterocycles. The Bertz CT molecular complexity index is 438. The lowest BCUT2D eigenvalue weighted by Gasteiger charge is -2.35. The Kier molecular flexibility index (Phi) is 1.41. The molecule has 84 valence electrons. The number of fused-ring (bicyclic) bond motifs is 7. The zero-order valence-electron chi connectivity index (χ0n) is 9.18. The molecule has 3 nitrogen and oxygen atoms in total. The molecule has 4 rings (SSSR count). The van der Waals surface area contributed by atoms with Crippen molar-refractivity contribution in [3.63, 3.8) is 0 Å². The van der Waals surface area contributed by atoms with Crippen LogP contribution in [0.3, 0.4) is 0 Å². The molecule has 0 N–H and O–H groups in total. The third-order valence-electron chi connectivity index (χ3n) is 5.03. The van der Waals surface area contributed by atoms with E-state index in [4.69, 9.17) is 4.74 Å². The molecule has 0 amide bonds. The van der Waals surface area contributed by atoms with Gasteiger partial charge in [-0.1, -0.05) is 19.1 Å². The number of ketones is 2. The van der Waals surface area contributed by atoms with E-state index in [9.17, 15) is 9.59 Å². The number of carbonyl (C=O) groups excluding carboxylic acids is 2. The van der Waals surface area contributed by atoms with Crippen molar-refractivity contribution in [1.82, 2.24) is 0 Å². The predicted octanol–water partition coefficient (Wildman–Crippen LogP) is 1.12. The van der Waals surface area contributed by atoms with Crippen LogP contribution < -0.4 is 0 Å². The highest BCUT2D eigenvalue weighted by Crippen LogP contribution is 2.68. The van der Waals surface area contributed by atoms with Crippen LogP contribution in [0, 0.1) is 23.2 Å². The molecule has 2 bridgehead atoms. The second kappa shape index (κ2) is 2.48. The van der Waals surface area contributed by atoms with Crippen LogP contribution in [0.25, 0.3) is 0 Å². The Balaban J connectivity index is 1.90. The third-order valence-corrected chi connectivity index (χ3v) is 5.03. The molecule has 3 heteroatoms. The molecule has 0 spiro atoms. The van der Waals surface area contributed by atoms with Crippen molar-refractivity contribution in [1.29, 1.82) is 0 Å². The zero-order chi connectivity index (χ0) is 11.1. The molecule has 0 aromatic rings. The summed E-state index contributed by atoms with van der Waals surface area (Å²) in [5.41, 5.74) is -0.462. The number of epoxide rings is 1. The van der Waals surface area contributed by atoms with Gasteiger partial charge in [-0.15, -0.1) is 0 Å². The van der Waals surface area contributed by atoms with Crippen LogP contribution in [0.2, 0.25) is 0 Å². The first-order valence-corrected chi connectivity index (χ1v) is 6.12. The first-order chi connectivity index (χ1) is 7.71. The Labute approximate surface area is 93.8 Å². The topological polar surface area (TPSA) is 46.7 Å². The van der Waals surface area contributed by atoms with Gasteiger partial charge in [-0.2, -0.15) is 0 Å². The van der Waals surface area contributed by atoms with Crippen molar-refractivity contribution in [2.45, 2.75) is 32.0 Å². The minimum atomic E-state index is -0.462. The van der Waals surface area contributed by atoms with Crippen LogP contribution in [-0.2, 0) is 14.3 Å². The fourth-order valence-electron chi connectivity index (χ4n) is 4.46. The monoisotopic (exact) mass is 218 g/mol. The molecule has 1 saturated heterocycles. The van der Waals surface area contributed by atoms with E-state index in [2.05, 4.69) is 12.2 Å². The maximum atomic E-state index is 12.3. The molecule has 0 radical (unpaired) electrons. The van der Waals surface area contributed by atoms with E-state index in [1.165, 1.54) is 0 Å². The molecule has 3 fully saturated rings. The normalized spacial score (nSPS) is 55.3. The molecule has 16 heavy (non-hydrogen) atoms. The summed E-state index contributed by atoms with van der Waals surface area (Å²) in [6.45, 7) is 1.89. The van der Waals surface area contributed by atoms with Crippen LogP contribution in [0.15, 0.2) is 12.2 Å². The average Bonchev–Trinajstić information content (AvgIpc) is 2.73. The molecule has 2 saturated carbocycles. The molecule has 1 aliphatic heterocycles. The van der Waals surface area contributed by atoms with Gasteiger partial charge in [0, 0.05) is 12.3 Å². The van der Waals surface area contributed by atoms with E-state index >= 15 is 0 Å². The lowest BCUT2D eigenvalue weighted by atomic mass is 9.66. The maximum Gasteiger partial charge on any atom is 0.169 e. The number of hydrogen-bond donors (Lipinski definition) is 0. The number of ether oxygens (including phenoxy) is 1. The summed E-state index contributed by atoms with van der Waals surface area (Å²) >= 11 is 0. The number of rotatable bonds is 2. The Morgan fingerprint density at radius 3 is 3.12 bits per heavy atom. The fraction of sp³-hybridized carbons (Fsp3) is 0.692. The highest BCUT2D eigenvalue weighted by molar-refractivity contribution is 6.03. The zero-order valence-corrected chi connectivity index (χ0v) is 9.18. The van der Waals surface area contributed by atoms with E-state index in [1.54, 1.807) is 0 Å². The van der Waals surface area contributed by atoms with E-state index < -0.39 is 5.41 Å². The van der Waals surface area contributed by atoms with Gasteiger partial charge in [-0.25, -0.2) is 0 Å². The summed E-state index contributed by atoms with van der Waals surface area (Å²) < 4.78 is 5.45. The number of allylic oxidation sites excluding steroid dienone is 2. The molecule has 3 aliphatic carbocycles. The van der Waals surface area contributed by atoms with Crippen molar-refractivity contribution in [2.75, 3.05) is 0 Å². The van der Waals surface area contributed by atoms with E-state index in [1.807, 2.05) is 6.92 Å². The number of carbonyl (C=O) groups is 2. The SMILES string of the molecule is CCC(=O)[C@]12[C@H]3C=C[C@@H](C3)[C@@H]1C(=O)[C@H]1O[C@@H]12. The third kappa shape index (κ3) is 0.698. The Hall–Kier alpha value is -0.960. The Morgan fingerprint density at radius 1 is 1.56 bits per heavy atom. The summed E-state index contributed by atoms with van der Waals surface area (Å²) in [4.78, 5) is 24.5. The van der Waals surface area contributed by atoms with Gasteiger partial charge >= 0.3 is 0 Å². The lowest BCUT2D eigenvalue weighted by Crippen LogP contribution is -2.45. The summed E-state index contributed by atoms with van der Waals surface area (Å²) in [5, 5.41) is 0. The average molecular weight is 218 g/mol. The number of hydrogen-bond acceptors (Lipinski definition) is 3. The molecule has 4 aliphatic rings. The van der Waals surface area contributed by atoms with Crippen molar-refractivity contribution in [3.05, 3.63) is 12.2 Å². The Morgan fingerprint density at radius 2 is 2.38 bits per heavy atom. The summed E-state index contributed by atoms with van der Waals surface area (Å²) in [6, 6.07) is 0. The van der Waals surface area contributed by atoms with Gasteiger partial charge < -0.3 is 4.74 Å². The second-order valence-corrected chi connectivity index (χ2v) is 5.46. The molecular formula is C13H14O3. The van der Waals surface area contributed by atoms with Gasteiger partial charge in [0.1, 0.15) is 18.0 Å². The van der Waals surface area contributed by atoms with Crippen molar-refractivity contribution in [2.24, 2.45) is 23.2 Å². The molecular weight excluding hydrogens is 204 g/mol. The minimum absolute atomic E-state index is 0.0568. The van der Waals surface area contributed by atoms with E-state index in [0.717, 1.165) is 6.42 Å². The van der Waals surface area contributed by atoms with Gasteiger partial charge in [-0.05, 0) is 18.3 Å². The summed E-state index contributed by atoms with van der Waals surface area (Å²) in [6.07, 6.45) is 5.45. The second-order valence-electron chi connectivity index (χ2n) is 5.46. The van der Waals surface area contributed by atoms with Crippen LogP contribution >= 0.6 is 0 Å². The van der Waals surface area contributed by atoms with Gasteiger partial charge in [0.05, 0.1) is 5.41 Å². The maximum absolute atomic E-state index is 12.3. The van der Waals surface area contributed by atoms with E-state index in [0.29, 0.717) is 12.3 Å². The lowest BCUT2D eigenvalue weighted by molar-refractivity contribution is -0.141. The van der Waals surface area contributed by atoms with Crippen LogP contribution in [0.4, 0.5) is 0 Å². The largest absolute Gasteiger partial charge is 0.360 e. The highest BCUT2D eigenvalue weighted by Gasteiger charge is 2.79. The van der Waals surface area contributed by atoms with Gasteiger partial charge in [0.25, 0.3) is 0 Å². The summed E-state index contributed by atoms with van der Waals surface area (Å²) in [5.74, 6) is 0.954. The first kappa shape index (κ1) is 9.11. The van der Waals surface area contributed by atoms with Crippen LogP contribution in [0.1, 0.15) is 19.8 Å². The minimum Gasteiger partial charge on any atom is -0.360 e.